The first-order chi connectivity index (χ1) is 13.9. The van der Waals surface area contributed by atoms with Gasteiger partial charge in [-0.25, -0.2) is 17.6 Å². The van der Waals surface area contributed by atoms with Crippen molar-refractivity contribution < 1.29 is 17.6 Å². The fourth-order valence-electron chi connectivity index (χ4n) is 3.10. The van der Waals surface area contributed by atoms with E-state index in [4.69, 9.17) is 0 Å². The van der Waals surface area contributed by atoms with Gasteiger partial charge in [-0.1, -0.05) is 36.1 Å². The molecule has 0 aliphatic heterocycles. The summed E-state index contributed by atoms with van der Waals surface area (Å²) in [6.45, 7) is 1.78. The molecule has 0 nitrogen and oxygen atoms in total. The van der Waals surface area contributed by atoms with Crippen molar-refractivity contribution in [1.29, 1.82) is 0 Å². The highest BCUT2D eigenvalue weighted by molar-refractivity contribution is 5.87. The van der Waals surface area contributed by atoms with Crippen LogP contribution in [0.5, 0.6) is 0 Å². The molecular formula is C25H14F4. The summed E-state index contributed by atoms with van der Waals surface area (Å²) in [5.41, 5.74) is 2.28. The van der Waals surface area contributed by atoms with E-state index in [2.05, 4.69) is 11.8 Å². The van der Waals surface area contributed by atoms with Crippen LogP contribution in [0.15, 0.2) is 66.7 Å². The highest BCUT2D eigenvalue weighted by atomic mass is 19.2. The Kier molecular flexibility index (Phi) is 4.82. The predicted octanol–water partition coefficient (Wildman–Crippen LogP) is 6.77. The Morgan fingerprint density at radius 2 is 1.34 bits per heavy atom. The van der Waals surface area contributed by atoms with Crippen LogP contribution in [-0.2, 0) is 0 Å². The number of aryl methyl sites for hydroxylation is 1. The maximum absolute atomic E-state index is 14.7. The normalized spacial score (nSPS) is 10.7. The number of benzene rings is 4. The Morgan fingerprint density at radius 1 is 0.586 bits per heavy atom. The fourth-order valence-corrected chi connectivity index (χ4v) is 3.10. The Balaban J connectivity index is 1.68. The highest BCUT2D eigenvalue weighted by Gasteiger charge is 2.09. The third-order valence-corrected chi connectivity index (χ3v) is 4.63. The van der Waals surface area contributed by atoms with Gasteiger partial charge in [0.2, 0.25) is 0 Å². The number of rotatable bonds is 1. The van der Waals surface area contributed by atoms with Crippen molar-refractivity contribution in [3.05, 3.63) is 107 Å². The molecule has 0 saturated heterocycles. The van der Waals surface area contributed by atoms with Crippen LogP contribution in [0, 0.1) is 42.0 Å². The Bertz CT molecular complexity index is 1310. The number of halogens is 4. The minimum atomic E-state index is -0.955. The first kappa shape index (κ1) is 18.8. The quantitative estimate of drug-likeness (QED) is 0.248. The van der Waals surface area contributed by atoms with Gasteiger partial charge in [-0.3, -0.25) is 0 Å². The van der Waals surface area contributed by atoms with Crippen molar-refractivity contribution in [2.45, 2.75) is 6.92 Å². The molecule has 0 unspecified atom stereocenters. The molecule has 4 aromatic carbocycles. The maximum Gasteiger partial charge on any atom is 0.159 e. The SMILES string of the molecule is Cc1ccc(C#Cc2ccc(-c3ccc4cc(F)c(F)cc4c3)c(F)c2)c(F)c1. The molecule has 0 atom stereocenters. The maximum atomic E-state index is 14.7. The van der Waals surface area contributed by atoms with Crippen molar-refractivity contribution in [3.63, 3.8) is 0 Å². The van der Waals surface area contributed by atoms with E-state index in [1.54, 1.807) is 49.4 Å². The molecule has 0 aliphatic rings. The van der Waals surface area contributed by atoms with Crippen molar-refractivity contribution in [1.82, 2.24) is 0 Å². The van der Waals surface area contributed by atoms with E-state index in [1.807, 2.05) is 0 Å². The van der Waals surface area contributed by atoms with Crippen molar-refractivity contribution in [2.75, 3.05) is 0 Å². The second-order valence-corrected chi connectivity index (χ2v) is 6.76. The van der Waals surface area contributed by atoms with Gasteiger partial charge < -0.3 is 0 Å². The molecule has 4 heteroatoms. The lowest BCUT2D eigenvalue weighted by Gasteiger charge is -2.07. The standard InChI is InChI=1S/C25H14F4/c1-15-2-5-17(22(26)10-15)6-3-16-4-9-21(23(27)11-16)19-8-7-18-13-24(28)25(29)14-20(18)12-19/h2,4-5,7-14H,1H3. The fraction of sp³-hybridized carbons (Fsp3) is 0.0400. The Labute approximate surface area is 165 Å². The van der Waals surface area contributed by atoms with E-state index in [0.717, 1.165) is 17.7 Å². The highest BCUT2D eigenvalue weighted by Crippen LogP contribution is 2.28. The first-order valence-corrected chi connectivity index (χ1v) is 8.87. The lowest BCUT2D eigenvalue weighted by molar-refractivity contribution is 0.511. The Hall–Kier alpha value is -3.58. The van der Waals surface area contributed by atoms with Crippen molar-refractivity contribution in [3.8, 4) is 23.0 Å². The topological polar surface area (TPSA) is 0 Å². The van der Waals surface area contributed by atoms with Crippen LogP contribution in [0.4, 0.5) is 17.6 Å². The first-order valence-electron chi connectivity index (χ1n) is 8.87. The number of hydrogen-bond acceptors (Lipinski definition) is 0. The van der Waals surface area contributed by atoms with Gasteiger partial charge in [0.15, 0.2) is 11.6 Å². The van der Waals surface area contributed by atoms with E-state index in [1.165, 1.54) is 12.1 Å². The van der Waals surface area contributed by atoms with Crippen LogP contribution in [0.3, 0.4) is 0 Å². The van der Waals surface area contributed by atoms with E-state index in [9.17, 15) is 17.6 Å². The van der Waals surface area contributed by atoms with E-state index < -0.39 is 23.3 Å². The minimum Gasteiger partial charge on any atom is -0.206 e. The van der Waals surface area contributed by atoms with Gasteiger partial charge in [-0.15, -0.1) is 0 Å². The molecule has 0 aliphatic carbocycles. The van der Waals surface area contributed by atoms with Crippen molar-refractivity contribution in [2.24, 2.45) is 0 Å². The zero-order valence-electron chi connectivity index (χ0n) is 15.4. The van der Waals surface area contributed by atoms with Crippen LogP contribution in [0.1, 0.15) is 16.7 Å². The molecule has 0 fully saturated rings. The van der Waals surface area contributed by atoms with Gasteiger partial charge in [0.1, 0.15) is 11.6 Å². The summed E-state index contributed by atoms with van der Waals surface area (Å²) in [5.74, 6) is 2.66. The monoisotopic (exact) mass is 390 g/mol. The molecule has 0 heterocycles. The van der Waals surface area contributed by atoms with Gasteiger partial charge in [-0.2, -0.15) is 0 Å². The van der Waals surface area contributed by atoms with Gasteiger partial charge in [0, 0.05) is 11.1 Å². The molecule has 0 aromatic heterocycles. The summed E-state index contributed by atoms with van der Waals surface area (Å²) in [6, 6.07) is 16.2. The number of fused-ring (bicyclic) bond motifs is 1. The molecule has 29 heavy (non-hydrogen) atoms. The third kappa shape index (κ3) is 3.86. The smallest absolute Gasteiger partial charge is 0.159 e. The molecule has 0 radical (unpaired) electrons. The van der Waals surface area contributed by atoms with Gasteiger partial charge >= 0.3 is 0 Å². The van der Waals surface area contributed by atoms with Crippen LogP contribution < -0.4 is 0 Å². The average molecular weight is 390 g/mol. The summed E-state index contributed by atoms with van der Waals surface area (Å²) < 4.78 is 55.4. The molecule has 4 aromatic rings. The molecule has 142 valence electrons. The van der Waals surface area contributed by atoms with Crippen LogP contribution in [0.2, 0.25) is 0 Å². The summed E-state index contributed by atoms with van der Waals surface area (Å²) in [5, 5.41) is 0.996. The zero-order valence-corrected chi connectivity index (χ0v) is 15.4. The molecule has 0 bridgehead atoms. The Morgan fingerprint density at radius 3 is 2.07 bits per heavy atom. The third-order valence-electron chi connectivity index (χ3n) is 4.63. The summed E-state index contributed by atoms with van der Waals surface area (Å²) in [6.07, 6.45) is 0. The van der Waals surface area contributed by atoms with Crippen LogP contribution in [-0.4, -0.2) is 0 Å². The second kappa shape index (κ2) is 7.44. The summed E-state index contributed by atoms with van der Waals surface area (Å²) >= 11 is 0. The van der Waals surface area contributed by atoms with E-state index >= 15 is 0 Å². The summed E-state index contributed by atoms with van der Waals surface area (Å²) in [7, 11) is 0. The van der Waals surface area contributed by atoms with E-state index in [0.29, 0.717) is 27.5 Å². The molecular weight excluding hydrogens is 376 g/mol. The average Bonchev–Trinajstić information content (AvgIpc) is 2.68. The van der Waals surface area contributed by atoms with Gasteiger partial charge in [0.25, 0.3) is 0 Å². The zero-order chi connectivity index (χ0) is 20.5. The van der Waals surface area contributed by atoms with Gasteiger partial charge in [0.05, 0.1) is 5.56 Å². The minimum absolute atomic E-state index is 0.240. The van der Waals surface area contributed by atoms with Crippen molar-refractivity contribution >= 4 is 10.8 Å². The lowest BCUT2D eigenvalue weighted by atomic mass is 9.99. The molecule has 0 spiro atoms. The predicted molar refractivity (Wildman–Crippen MR) is 106 cm³/mol. The molecule has 0 saturated carbocycles. The van der Waals surface area contributed by atoms with Crippen LogP contribution >= 0.6 is 0 Å². The number of hydrogen-bond donors (Lipinski definition) is 0. The molecule has 0 amide bonds. The summed E-state index contributed by atoms with van der Waals surface area (Å²) in [4.78, 5) is 0. The second-order valence-electron chi connectivity index (χ2n) is 6.76. The van der Waals surface area contributed by atoms with Crippen LogP contribution in [0.25, 0.3) is 21.9 Å². The van der Waals surface area contributed by atoms with E-state index in [-0.39, 0.29) is 5.56 Å². The van der Waals surface area contributed by atoms with Gasteiger partial charge in [-0.05, 0) is 71.3 Å². The lowest BCUT2D eigenvalue weighted by Crippen LogP contribution is -1.89. The largest absolute Gasteiger partial charge is 0.206 e. The molecule has 0 N–H and O–H groups in total. The molecule has 4 rings (SSSR count).